The van der Waals surface area contributed by atoms with Crippen molar-refractivity contribution in [3.05, 3.63) is 29.8 Å². The number of rotatable bonds is 5. The average molecular weight is 283 g/mol. The molecule has 0 saturated carbocycles. The first-order valence-corrected chi connectivity index (χ1v) is 7.88. The summed E-state index contributed by atoms with van der Waals surface area (Å²) in [4.78, 5) is 6.48. The van der Waals surface area contributed by atoms with E-state index >= 15 is 0 Å². The van der Waals surface area contributed by atoms with Gasteiger partial charge in [0.05, 0.1) is 17.9 Å². The standard InChI is InChI=1S/C14H22FN3S/c1-10(8-18(2)12-5-6-19-9-12)14(16)13-4-3-11(15)7-17-13/h3-4,7,10,12,14H,5-6,8-9,16H2,1-2H3. The van der Waals surface area contributed by atoms with Gasteiger partial charge in [-0.3, -0.25) is 4.98 Å². The molecule has 2 rings (SSSR count). The highest BCUT2D eigenvalue weighted by molar-refractivity contribution is 7.99. The molecule has 0 aromatic carbocycles. The summed E-state index contributed by atoms with van der Waals surface area (Å²) in [7, 11) is 2.16. The van der Waals surface area contributed by atoms with Crippen LogP contribution in [-0.2, 0) is 0 Å². The predicted octanol–water partition coefficient (Wildman–Crippen LogP) is 2.29. The fourth-order valence-electron chi connectivity index (χ4n) is 2.46. The van der Waals surface area contributed by atoms with E-state index in [2.05, 4.69) is 23.9 Å². The first kappa shape index (κ1) is 14.8. The van der Waals surface area contributed by atoms with Gasteiger partial charge in [-0.1, -0.05) is 6.92 Å². The van der Waals surface area contributed by atoms with Crippen molar-refractivity contribution < 1.29 is 4.39 Å². The van der Waals surface area contributed by atoms with Crippen LogP contribution in [0.3, 0.4) is 0 Å². The highest BCUT2D eigenvalue weighted by atomic mass is 32.2. The molecular weight excluding hydrogens is 261 g/mol. The first-order valence-electron chi connectivity index (χ1n) is 6.73. The van der Waals surface area contributed by atoms with Crippen molar-refractivity contribution in [1.82, 2.24) is 9.88 Å². The first-order chi connectivity index (χ1) is 9.08. The van der Waals surface area contributed by atoms with Crippen LogP contribution in [0, 0.1) is 11.7 Å². The van der Waals surface area contributed by atoms with E-state index in [9.17, 15) is 4.39 Å². The van der Waals surface area contributed by atoms with E-state index in [-0.39, 0.29) is 11.9 Å². The van der Waals surface area contributed by atoms with E-state index in [1.165, 1.54) is 30.2 Å². The van der Waals surface area contributed by atoms with E-state index in [0.29, 0.717) is 12.0 Å². The van der Waals surface area contributed by atoms with Gasteiger partial charge < -0.3 is 10.6 Å². The molecule has 106 valence electrons. The van der Waals surface area contributed by atoms with Crippen molar-refractivity contribution in [3.8, 4) is 0 Å². The Morgan fingerprint density at radius 1 is 1.58 bits per heavy atom. The molecule has 2 heterocycles. The summed E-state index contributed by atoms with van der Waals surface area (Å²) < 4.78 is 12.9. The molecule has 0 aliphatic carbocycles. The van der Waals surface area contributed by atoms with Crippen LogP contribution in [0.15, 0.2) is 18.3 Å². The maximum absolute atomic E-state index is 12.9. The Labute approximate surface area is 118 Å². The number of thioether (sulfide) groups is 1. The molecule has 0 bridgehead atoms. The van der Waals surface area contributed by atoms with Gasteiger partial charge in [-0.2, -0.15) is 11.8 Å². The van der Waals surface area contributed by atoms with Crippen LogP contribution in [-0.4, -0.2) is 41.0 Å². The molecule has 0 radical (unpaired) electrons. The molecule has 1 saturated heterocycles. The topological polar surface area (TPSA) is 42.1 Å². The molecule has 5 heteroatoms. The molecule has 1 fully saturated rings. The number of hydrogen-bond donors (Lipinski definition) is 1. The summed E-state index contributed by atoms with van der Waals surface area (Å²) in [5.41, 5.74) is 6.99. The zero-order valence-corrected chi connectivity index (χ0v) is 12.4. The second kappa shape index (κ2) is 6.68. The molecule has 1 aromatic heterocycles. The molecule has 0 amide bonds. The summed E-state index contributed by atoms with van der Waals surface area (Å²) in [5, 5.41) is 0. The van der Waals surface area contributed by atoms with Crippen molar-refractivity contribution in [3.63, 3.8) is 0 Å². The molecule has 19 heavy (non-hydrogen) atoms. The maximum Gasteiger partial charge on any atom is 0.141 e. The summed E-state index contributed by atoms with van der Waals surface area (Å²) in [6.45, 7) is 3.08. The van der Waals surface area contributed by atoms with Crippen molar-refractivity contribution in [1.29, 1.82) is 0 Å². The quantitative estimate of drug-likeness (QED) is 0.900. The number of nitrogens with two attached hydrogens (primary N) is 1. The minimum atomic E-state index is -0.316. The summed E-state index contributed by atoms with van der Waals surface area (Å²) in [6, 6.07) is 3.63. The lowest BCUT2D eigenvalue weighted by atomic mass is 9.98. The molecule has 1 aromatic rings. The average Bonchev–Trinajstić information content (AvgIpc) is 2.92. The van der Waals surface area contributed by atoms with Crippen molar-refractivity contribution in [2.24, 2.45) is 11.7 Å². The molecule has 3 nitrogen and oxygen atoms in total. The third-order valence-electron chi connectivity index (χ3n) is 3.81. The van der Waals surface area contributed by atoms with E-state index in [0.717, 1.165) is 12.2 Å². The smallest absolute Gasteiger partial charge is 0.141 e. The Hall–Kier alpha value is -0.650. The van der Waals surface area contributed by atoms with Gasteiger partial charge in [0, 0.05) is 18.3 Å². The molecule has 0 spiro atoms. The third-order valence-corrected chi connectivity index (χ3v) is 4.95. The number of hydrogen-bond acceptors (Lipinski definition) is 4. The monoisotopic (exact) mass is 283 g/mol. The van der Waals surface area contributed by atoms with Gasteiger partial charge in [-0.15, -0.1) is 0 Å². The van der Waals surface area contributed by atoms with Gasteiger partial charge >= 0.3 is 0 Å². The van der Waals surface area contributed by atoms with Crippen LogP contribution in [0.4, 0.5) is 4.39 Å². The van der Waals surface area contributed by atoms with Gasteiger partial charge in [0.1, 0.15) is 5.82 Å². The second-order valence-electron chi connectivity index (χ2n) is 5.36. The third kappa shape index (κ3) is 3.91. The highest BCUT2D eigenvalue weighted by Gasteiger charge is 2.24. The van der Waals surface area contributed by atoms with Crippen LogP contribution < -0.4 is 5.73 Å². The number of aromatic nitrogens is 1. The van der Waals surface area contributed by atoms with Crippen LogP contribution in [0.1, 0.15) is 25.1 Å². The Morgan fingerprint density at radius 2 is 2.37 bits per heavy atom. The van der Waals surface area contributed by atoms with Crippen LogP contribution in [0.25, 0.3) is 0 Å². The summed E-state index contributed by atoms with van der Waals surface area (Å²) in [6.07, 6.45) is 2.50. The lowest BCUT2D eigenvalue weighted by molar-refractivity contribution is 0.213. The van der Waals surface area contributed by atoms with Crippen LogP contribution >= 0.6 is 11.8 Å². The van der Waals surface area contributed by atoms with E-state index < -0.39 is 0 Å². The number of halogens is 1. The lowest BCUT2D eigenvalue weighted by Gasteiger charge is -2.29. The Balaban J connectivity index is 1.91. The maximum atomic E-state index is 12.9. The zero-order valence-electron chi connectivity index (χ0n) is 11.6. The fourth-order valence-corrected chi connectivity index (χ4v) is 3.76. The molecule has 2 N–H and O–H groups in total. The van der Waals surface area contributed by atoms with Crippen molar-refractivity contribution in [2.75, 3.05) is 25.1 Å². The van der Waals surface area contributed by atoms with Gasteiger partial charge in [0.25, 0.3) is 0 Å². The Kier molecular flexibility index (Phi) is 5.19. The van der Waals surface area contributed by atoms with Crippen LogP contribution in [0.2, 0.25) is 0 Å². The summed E-state index contributed by atoms with van der Waals surface area (Å²) in [5.74, 6) is 2.46. The molecule has 3 atom stereocenters. The largest absolute Gasteiger partial charge is 0.322 e. The normalized spacial score (nSPS) is 22.7. The highest BCUT2D eigenvalue weighted by Crippen LogP contribution is 2.24. The fraction of sp³-hybridized carbons (Fsp3) is 0.643. The molecule has 3 unspecified atom stereocenters. The minimum absolute atomic E-state index is 0.142. The Morgan fingerprint density at radius 3 is 2.95 bits per heavy atom. The van der Waals surface area contributed by atoms with E-state index in [1.807, 2.05) is 11.8 Å². The van der Waals surface area contributed by atoms with Gasteiger partial charge in [0.15, 0.2) is 0 Å². The van der Waals surface area contributed by atoms with Gasteiger partial charge in [0.2, 0.25) is 0 Å². The molecular formula is C14H22FN3S. The number of nitrogens with zero attached hydrogens (tertiary/aromatic N) is 2. The van der Waals surface area contributed by atoms with E-state index in [4.69, 9.17) is 5.73 Å². The van der Waals surface area contributed by atoms with Crippen molar-refractivity contribution in [2.45, 2.75) is 25.4 Å². The van der Waals surface area contributed by atoms with Gasteiger partial charge in [-0.25, -0.2) is 4.39 Å². The molecule has 1 aliphatic rings. The van der Waals surface area contributed by atoms with Crippen molar-refractivity contribution >= 4 is 11.8 Å². The van der Waals surface area contributed by atoms with Gasteiger partial charge in [-0.05, 0) is 37.3 Å². The Bertz CT molecular complexity index is 392. The lowest BCUT2D eigenvalue weighted by Crippen LogP contribution is -2.38. The predicted molar refractivity (Wildman–Crippen MR) is 78.6 cm³/mol. The van der Waals surface area contributed by atoms with Crippen LogP contribution in [0.5, 0.6) is 0 Å². The molecule has 1 aliphatic heterocycles. The summed E-state index contributed by atoms with van der Waals surface area (Å²) >= 11 is 2.02. The zero-order chi connectivity index (χ0) is 13.8. The SMILES string of the molecule is CC(CN(C)C1CCSC1)C(N)c1ccc(F)cn1. The second-order valence-corrected chi connectivity index (χ2v) is 6.51. The van der Waals surface area contributed by atoms with E-state index in [1.54, 1.807) is 6.07 Å². The number of pyridine rings is 1. The minimum Gasteiger partial charge on any atom is -0.322 e.